The van der Waals surface area contributed by atoms with Gasteiger partial charge in [0.2, 0.25) is 5.56 Å². The summed E-state index contributed by atoms with van der Waals surface area (Å²) in [6.07, 6.45) is 1.55. The molecule has 4 aromatic rings. The number of carbonyl (C=O) groups is 1. The average Bonchev–Trinajstić information content (AvgIpc) is 3.02. The molecule has 0 atom stereocenters. The molecule has 124 valence electrons. The molecule has 6 heteroatoms. The van der Waals surface area contributed by atoms with E-state index in [1.54, 1.807) is 12.3 Å². The van der Waals surface area contributed by atoms with Gasteiger partial charge in [-0.25, -0.2) is 4.39 Å². The summed E-state index contributed by atoms with van der Waals surface area (Å²) in [7, 11) is 0. The van der Waals surface area contributed by atoms with Gasteiger partial charge in [0, 0.05) is 40.6 Å². The summed E-state index contributed by atoms with van der Waals surface area (Å²) in [5, 5.41) is 4.35. The fourth-order valence-electron chi connectivity index (χ4n) is 2.98. The van der Waals surface area contributed by atoms with Gasteiger partial charge in [0.25, 0.3) is 5.91 Å². The minimum atomic E-state index is -0.365. The first-order valence-corrected chi connectivity index (χ1v) is 7.77. The van der Waals surface area contributed by atoms with Crippen molar-refractivity contribution in [3.05, 3.63) is 82.0 Å². The van der Waals surface area contributed by atoms with Crippen molar-refractivity contribution in [1.82, 2.24) is 15.3 Å². The van der Waals surface area contributed by atoms with Crippen molar-refractivity contribution in [2.45, 2.75) is 6.54 Å². The van der Waals surface area contributed by atoms with Gasteiger partial charge in [-0.2, -0.15) is 0 Å². The number of halogens is 1. The van der Waals surface area contributed by atoms with Crippen LogP contribution in [0, 0.1) is 5.82 Å². The minimum absolute atomic E-state index is 0.217. The van der Waals surface area contributed by atoms with Crippen LogP contribution in [0.4, 0.5) is 4.39 Å². The fourth-order valence-corrected chi connectivity index (χ4v) is 2.98. The van der Waals surface area contributed by atoms with Crippen LogP contribution in [0.15, 0.2) is 59.5 Å². The topological polar surface area (TPSA) is 77.8 Å². The molecule has 2 aromatic heterocycles. The summed E-state index contributed by atoms with van der Waals surface area (Å²) in [4.78, 5) is 29.9. The Labute approximate surface area is 141 Å². The second-order valence-electron chi connectivity index (χ2n) is 5.78. The van der Waals surface area contributed by atoms with Gasteiger partial charge in [-0.3, -0.25) is 9.59 Å². The molecular weight excluding hydrogens is 321 g/mol. The normalized spacial score (nSPS) is 11.1. The molecule has 2 aromatic carbocycles. The minimum Gasteiger partial charge on any atom is -0.360 e. The number of fused-ring (bicyclic) bond motifs is 2. The maximum absolute atomic E-state index is 13.2. The zero-order valence-electron chi connectivity index (χ0n) is 13.1. The number of rotatable bonds is 3. The van der Waals surface area contributed by atoms with Gasteiger partial charge in [0.1, 0.15) is 5.82 Å². The Kier molecular flexibility index (Phi) is 3.57. The highest BCUT2D eigenvalue weighted by Gasteiger charge is 2.13. The predicted molar refractivity (Wildman–Crippen MR) is 94.0 cm³/mol. The van der Waals surface area contributed by atoms with Crippen LogP contribution in [0.3, 0.4) is 0 Å². The SMILES string of the molecule is O=C(NCc1cc(=O)[nH]c2ccccc12)c1c[nH]c2cc(F)ccc12. The van der Waals surface area contributed by atoms with Crippen molar-refractivity contribution in [2.24, 2.45) is 0 Å². The van der Waals surface area contributed by atoms with E-state index in [-0.39, 0.29) is 23.8 Å². The maximum Gasteiger partial charge on any atom is 0.253 e. The molecule has 5 nitrogen and oxygen atoms in total. The number of para-hydroxylation sites is 1. The van der Waals surface area contributed by atoms with Gasteiger partial charge in [0.15, 0.2) is 0 Å². The second kappa shape index (κ2) is 5.90. The van der Waals surface area contributed by atoms with Crippen molar-refractivity contribution in [3.8, 4) is 0 Å². The summed E-state index contributed by atoms with van der Waals surface area (Å²) in [6.45, 7) is 0.219. The Morgan fingerprint density at radius 1 is 1.04 bits per heavy atom. The lowest BCUT2D eigenvalue weighted by Crippen LogP contribution is -2.23. The molecule has 0 bridgehead atoms. The zero-order valence-corrected chi connectivity index (χ0v) is 13.1. The lowest BCUT2D eigenvalue weighted by Gasteiger charge is -2.08. The summed E-state index contributed by atoms with van der Waals surface area (Å²) < 4.78 is 13.2. The molecule has 1 amide bonds. The van der Waals surface area contributed by atoms with Crippen molar-refractivity contribution in [1.29, 1.82) is 0 Å². The Bertz CT molecular complexity index is 1160. The molecule has 0 spiro atoms. The number of aromatic nitrogens is 2. The Morgan fingerprint density at radius 3 is 2.76 bits per heavy atom. The number of carbonyl (C=O) groups excluding carboxylic acids is 1. The molecule has 2 heterocycles. The number of H-pyrrole nitrogens is 2. The van der Waals surface area contributed by atoms with Gasteiger partial charge < -0.3 is 15.3 Å². The third kappa shape index (κ3) is 2.78. The number of hydrogen-bond acceptors (Lipinski definition) is 2. The zero-order chi connectivity index (χ0) is 17.4. The number of aromatic amines is 2. The highest BCUT2D eigenvalue weighted by atomic mass is 19.1. The number of pyridine rings is 1. The molecule has 0 saturated heterocycles. The average molecular weight is 335 g/mol. The molecule has 0 aliphatic heterocycles. The number of amides is 1. The first-order chi connectivity index (χ1) is 12.1. The molecule has 3 N–H and O–H groups in total. The lowest BCUT2D eigenvalue weighted by molar-refractivity contribution is 0.0952. The Hall–Kier alpha value is -3.41. The van der Waals surface area contributed by atoms with Crippen molar-refractivity contribution >= 4 is 27.7 Å². The van der Waals surface area contributed by atoms with Gasteiger partial charge in [-0.05, 0) is 29.8 Å². The second-order valence-corrected chi connectivity index (χ2v) is 5.78. The van der Waals surface area contributed by atoms with E-state index >= 15 is 0 Å². The smallest absolute Gasteiger partial charge is 0.253 e. The molecule has 4 rings (SSSR count). The van der Waals surface area contributed by atoms with Crippen LogP contribution in [-0.4, -0.2) is 15.9 Å². The molecule has 0 radical (unpaired) electrons. The van der Waals surface area contributed by atoms with Crippen molar-refractivity contribution in [3.63, 3.8) is 0 Å². The first-order valence-electron chi connectivity index (χ1n) is 7.77. The summed E-state index contributed by atoms with van der Waals surface area (Å²) in [6, 6.07) is 13.1. The largest absolute Gasteiger partial charge is 0.360 e. The van der Waals surface area contributed by atoms with Gasteiger partial charge >= 0.3 is 0 Å². The summed E-state index contributed by atoms with van der Waals surface area (Å²) in [5.41, 5.74) is 2.24. The van der Waals surface area contributed by atoms with Crippen LogP contribution in [-0.2, 0) is 6.54 Å². The standard InChI is InChI=1S/C19H14FN3O2/c20-12-5-6-14-15(10-21-17(14)8-12)19(25)22-9-11-7-18(24)23-16-4-2-1-3-13(11)16/h1-8,10,21H,9H2,(H,22,25)(H,23,24). The van der Waals surface area contributed by atoms with Crippen LogP contribution in [0.25, 0.3) is 21.8 Å². The first kappa shape index (κ1) is 15.1. The Balaban J connectivity index is 1.63. The van der Waals surface area contributed by atoms with E-state index in [4.69, 9.17) is 0 Å². The number of benzene rings is 2. The fraction of sp³-hybridized carbons (Fsp3) is 0.0526. The Morgan fingerprint density at radius 2 is 1.88 bits per heavy atom. The van der Waals surface area contributed by atoms with E-state index in [2.05, 4.69) is 15.3 Å². The third-order valence-corrected chi connectivity index (χ3v) is 4.16. The van der Waals surface area contributed by atoms with Gasteiger partial charge in [-0.1, -0.05) is 18.2 Å². The van der Waals surface area contributed by atoms with E-state index in [0.29, 0.717) is 16.5 Å². The van der Waals surface area contributed by atoms with Crippen LogP contribution >= 0.6 is 0 Å². The van der Waals surface area contributed by atoms with Gasteiger partial charge in [-0.15, -0.1) is 0 Å². The van der Waals surface area contributed by atoms with E-state index in [9.17, 15) is 14.0 Å². The van der Waals surface area contributed by atoms with Crippen molar-refractivity contribution in [2.75, 3.05) is 0 Å². The molecule has 0 unspecified atom stereocenters. The number of nitrogens with one attached hydrogen (secondary N) is 3. The quantitative estimate of drug-likeness (QED) is 0.538. The van der Waals surface area contributed by atoms with E-state index in [1.165, 1.54) is 18.2 Å². The van der Waals surface area contributed by atoms with Crippen LogP contribution < -0.4 is 10.9 Å². The van der Waals surface area contributed by atoms with Gasteiger partial charge in [0.05, 0.1) is 5.56 Å². The lowest BCUT2D eigenvalue weighted by atomic mass is 10.1. The summed E-state index contributed by atoms with van der Waals surface area (Å²) in [5.74, 6) is -0.654. The molecule has 0 aliphatic carbocycles. The molecule has 0 fully saturated rings. The third-order valence-electron chi connectivity index (χ3n) is 4.16. The highest BCUT2D eigenvalue weighted by Crippen LogP contribution is 2.20. The molecular formula is C19H14FN3O2. The summed E-state index contributed by atoms with van der Waals surface area (Å²) >= 11 is 0. The van der Waals surface area contributed by atoms with E-state index < -0.39 is 0 Å². The van der Waals surface area contributed by atoms with Crippen LogP contribution in [0.1, 0.15) is 15.9 Å². The van der Waals surface area contributed by atoms with Crippen molar-refractivity contribution < 1.29 is 9.18 Å². The van der Waals surface area contributed by atoms with E-state index in [0.717, 1.165) is 16.5 Å². The van der Waals surface area contributed by atoms with E-state index in [1.807, 2.05) is 24.3 Å². The van der Waals surface area contributed by atoms with Crippen LogP contribution in [0.5, 0.6) is 0 Å². The number of hydrogen-bond donors (Lipinski definition) is 3. The monoisotopic (exact) mass is 335 g/mol. The highest BCUT2D eigenvalue weighted by molar-refractivity contribution is 6.06. The maximum atomic E-state index is 13.2. The molecule has 25 heavy (non-hydrogen) atoms. The predicted octanol–water partition coefficient (Wildman–Crippen LogP) is 3.08. The molecule has 0 aliphatic rings. The van der Waals surface area contributed by atoms with Crippen LogP contribution in [0.2, 0.25) is 0 Å². The molecule has 0 saturated carbocycles.